The van der Waals surface area contributed by atoms with Gasteiger partial charge in [0, 0.05) is 53.1 Å². The van der Waals surface area contributed by atoms with Crippen molar-refractivity contribution in [2.75, 3.05) is 41.7 Å². The van der Waals surface area contributed by atoms with Crippen molar-refractivity contribution in [3.63, 3.8) is 0 Å². The Labute approximate surface area is 352 Å². The van der Waals surface area contributed by atoms with Gasteiger partial charge >= 0.3 is 0 Å². The molecule has 2 saturated carbocycles. The highest BCUT2D eigenvalue weighted by Crippen LogP contribution is 2.51. The number of allylic oxidation sites excluding steroid dienone is 4. The smallest absolute Gasteiger partial charge is 0.158 e. The van der Waals surface area contributed by atoms with Crippen LogP contribution in [-0.4, -0.2) is 113 Å². The highest BCUT2D eigenvalue weighted by molar-refractivity contribution is 5.19. The monoisotopic (exact) mass is 819 g/mol. The van der Waals surface area contributed by atoms with Crippen molar-refractivity contribution in [1.29, 1.82) is 0 Å². The van der Waals surface area contributed by atoms with Gasteiger partial charge in [-0.15, -0.1) is 0 Å². The molecule has 2 N–H and O–H groups in total. The molecule has 2 aliphatic carbocycles. The van der Waals surface area contributed by atoms with Crippen LogP contribution in [0.3, 0.4) is 0 Å². The Hall–Kier alpha value is -1.44. The molecule has 18 atom stereocenters. The maximum absolute atomic E-state index is 11.1. The molecule has 2 aliphatic heterocycles. The van der Waals surface area contributed by atoms with Gasteiger partial charge in [-0.2, -0.15) is 0 Å². The first kappa shape index (κ1) is 49.2. The summed E-state index contributed by atoms with van der Waals surface area (Å²) in [5, 5.41) is 22.2. The van der Waals surface area contributed by atoms with E-state index in [4.69, 9.17) is 37.9 Å². The summed E-state index contributed by atoms with van der Waals surface area (Å²) < 4.78 is 48.2. The second-order valence-corrected chi connectivity index (χ2v) is 17.9. The minimum Gasteiger partial charge on any atom is -0.392 e. The lowest BCUT2D eigenvalue weighted by Crippen LogP contribution is -2.43. The van der Waals surface area contributed by atoms with Crippen LogP contribution in [0.5, 0.6) is 0 Å². The third kappa shape index (κ3) is 13.5. The van der Waals surface area contributed by atoms with E-state index in [-0.39, 0.29) is 73.2 Å². The second-order valence-electron chi connectivity index (χ2n) is 17.9. The third-order valence-corrected chi connectivity index (χ3v) is 14.0. The summed E-state index contributed by atoms with van der Waals surface area (Å²) in [6.45, 7) is 18.0. The Morgan fingerprint density at radius 2 is 1.05 bits per heavy atom. The van der Waals surface area contributed by atoms with Gasteiger partial charge in [0.1, 0.15) is 12.2 Å². The molecule has 334 valence electrons. The largest absolute Gasteiger partial charge is 0.392 e. The fourth-order valence-corrected chi connectivity index (χ4v) is 9.92. The summed E-state index contributed by atoms with van der Waals surface area (Å²) in [6.07, 6.45) is 18.1. The topological polar surface area (TPSA) is 114 Å². The predicted molar refractivity (Wildman–Crippen MR) is 229 cm³/mol. The van der Waals surface area contributed by atoms with E-state index in [1.54, 1.807) is 28.4 Å². The standard InChI is InChI=1S/C48H82O10/c1-13-39(51-9)33(7)35-27-37(35)45(49)29(3)17-15-19-31(5)47-41(53-11)21-24-44(58-47)56-26-25-55-42-22-23-43(54-12)57-48(42)32(6)20-16-18-30(4)46(50)38-28-36(38)34(8)40(14-2)52-10/h15-20,29-30,33-50H,13-14,21-28H2,1-12H3/b17-15+,18-16+,31-19+,32-20+/t29-,30-,33-,34-,35-,36-,37+,38+,39-,40-,41-,42+,43+,44+,45+,46+,47-,48-/m0/s1. The highest BCUT2D eigenvalue weighted by atomic mass is 16.7. The fourth-order valence-electron chi connectivity index (χ4n) is 9.92. The van der Waals surface area contributed by atoms with Crippen molar-refractivity contribution in [3.8, 4) is 0 Å². The quantitative estimate of drug-likeness (QED) is 0.0688. The molecular weight excluding hydrogens is 737 g/mol. The second kappa shape index (κ2) is 24.3. The minimum absolute atomic E-state index is 0.0428. The lowest BCUT2D eigenvalue weighted by atomic mass is 9.91. The van der Waals surface area contributed by atoms with Gasteiger partial charge in [-0.05, 0) is 99.0 Å². The number of hydrogen-bond donors (Lipinski definition) is 2. The van der Waals surface area contributed by atoms with Gasteiger partial charge in [-0.25, -0.2) is 0 Å². The molecule has 0 aromatic heterocycles. The molecule has 0 amide bonds. The van der Waals surface area contributed by atoms with Gasteiger partial charge in [-0.1, -0.05) is 78.0 Å². The van der Waals surface area contributed by atoms with Gasteiger partial charge in [0.15, 0.2) is 12.6 Å². The number of methoxy groups -OCH3 is 4. The first-order chi connectivity index (χ1) is 27.8. The van der Waals surface area contributed by atoms with Gasteiger partial charge in [0.05, 0.1) is 49.8 Å². The van der Waals surface area contributed by atoms with Crippen LogP contribution < -0.4 is 0 Å². The summed E-state index contributed by atoms with van der Waals surface area (Å²) in [6, 6.07) is 0. The molecule has 2 heterocycles. The van der Waals surface area contributed by atoms with Gasteiger partial charge in [0.2, 0.25) is 0 Å². The van der Waals surface area contributed by atoms with Gasteiger partial charge in [0.25, 0.3) is 0 Å². The van der Waals surface area contributed by atoms with E-state index >= 15 is 0 Å². The van der Waals surface area contributed by atoms with Crippen LogP contribution >= 0.6 is 0 Å². The summed E-state index contributed by atoms with van der Waals surface area (Å²) in [7, 11) is 7.00. The average molecular weight is 819 g/mol. The zero-order chi connectivity index (χ0) is 42.5. The Kier molecular flexibility index (Phi) is 20.6. The zero-order valence-electron chi connectivity index (χ0n) is 38.1. The van der Waals surface area contributed by atoms with Crippen LogP contribution in [0.4, 0.5) is 0 Å². The van der Waals surface area contributed by atoms with Crippen molar-refractivity contribution in [3.05, 3.63) is 47.6 Å². The molecule has 0 unspecified atom stereocenters. The van der Waals surface area contributed by atoms with Crippen LogP contribution in [0.2, 0.25) is 0 Å². The Bertz CT molecular complexity index is 1310. The van der Waals surface area contributed by atoms with Gasteiger partial charge in [-0.3, -0.25) is 0 Å². The van der Waals surface area contributed by atoms with E-state index in [0.29, 0.717) is 48.7 Å². The molecule has 0 aromatic carbocycles. The van der Waals surface area contributed by atoms with Crippen LogP contribution in [0.25, 0.3) is 0 Å². The Morgan fingerprint density at radius 3 is 1.52 bits per heavy atom. The van der Waals surface area contributed by atoms with Crippen LogP contribution in [0, 0.1) is 47.3 Å². The molecular formula is C48H82O10. The van der Waals surface area contributed by atoms with E-state index in [1.807, 2.05) is 12.2 Å². The van der Waals surface area contributed by atoms with E-state index < -0.39 is 0 Å². The lowest BCUT2D eigenvalue weighted by molar-refractivity contribution is -0.231. The maximum atomic E-state index is 11.1. The summed E-state index contributed by atoms with van der Waals surface area (Å²) in [5.41, 5.74) is 2.11. The van der Waals surface area contributed by atoms with Crippen LogP contribution in [0.1, 0.15) is 107 Å². The number of aliphatic hydroxyl groups excluding tert-OH is 2. The molecule has 0 aromatic rings. The Morgan fingerprint density at radius 1 is 0.603 bits per heavy atom. The molecule has 10 nitrogen and oxygen atoms in total. The number of hydrogen-bond acceptors (Lipinski definition) is 10. The first-order valence-electron chi connectivity index (χ1n) is 22.5. The normalized spacial score (nSPS) is 35.1. The molecule has 58 heavy (non-hydrogen) atoms. The first-order valence-corrected chi connectivity index (χ1v) is 22.5. The van der Waals surface area contributed by atoms with Crippen molar-refractivity contribution < 1.29 is 48.1 Å². The summed E-state index contributed by atoms with van der Waals surface area (Å²) >= 11 is 0. The van der Waals surface area contributed by atoms with Crippen LogP contribution in [0.15, 0.2) is 47.6 Å². The lowest BCUT2D eigenvalue weighted by Gasteiger charge is -2.37. The molecule has 0 radical (unpaired) electrons. The van der Waals surface area contributed by atoms with Crippen molar-refractivity contribution in [2.45, 2.75) is 168 Å². The van der Waals surface area contributed by atoms with Gasteiger partial charge < -0.3 is 48.1 Å². The van der Waals surface area contributed by atoms with E-state index in [1.165, 1.54) is 0 Å². The number of aliphatic hydroxyl groups is 2. The molecule has 0 spiro atoms. The summed E-state index contributed by atoms with van der Waals surface area (Å²) in [4.78, 5) is 0. The van der Waals surface area contributed by atoms with Crippen molar-refractivity contribution in [1.82, 2.24) is 0 Å². The van der Waals surface area contributed by atoms with Crippen LogP contribution in [-0.2, 0) is 37.9 Å². The van der Waals surface area contributed by atoms with Crippen molar-refractivity contribution >= 4 is 0 Å². The zero-order valence-corrected chi connectivity index (χ0v) is 38.1. The maximum Gasteiger partial charge on any atom is 0.158 e. The molecule has 4 fully saturated rings. The predicted octanol–water partition coefficient (Wildman–Crippen LogP) is 8.45. The Balaban J connectivity index is 1.24. The fraction of sp³-hybridized carbons (Fsp3) is 0.833. The molecule has 10 heteroatoms. The van der Waals surface area contributed by atoms with E-state index in [9.17, 15) is 10.2 Å². The minimum atomic E-state index is -0.369. The molecule has 2 saturated heterocycles. The summed E-state index contributed by atoms with van der Waals surface area (Å²) in [5.74, 6) is 2.67. The third-order valence-electron chi connectivity index (χ3n) is 14.0. The molecule has 4 rings (SSSR count). The van der Waals surface area contributed by atoms with Crippen molar-refractivity contribution in [2.24, 2.45) is 47.3 Å². The highest BCUT2D eigenvalue weighted by Gasteiger charge is 2.49. The number of ether oxygens (including phenoxy) is 8. The molecule has 4 aliphatic rings. The molecule has 0 bridgehead atoms. The van der Waals surface area contributed by atoms with E-state index in [0.717, 1.165) is 62.5 Å². The number of rotatable bonds is 25. The van der Waals surface area contributed by atoms with E-state index in [2.05, 4.69) is 79.7 Å². The SMILES string of the molecule is CC[C@H](OC)[C@@H](C)[C@@H]1C[C@H]1[C@H](O)[C@@H](C)/C=C/C=C(\C)[C@@H]1O[C@@H](OCCO[C@@H]2CC[C@H](OC)O[C@H]2/C(C)=C/C=C/[C@H](C)[C@@H](O)[C@@H]2C[C@H]2[C@H](C)[C@H](CC)OC)CC[C@@H]1OC. The average Bonchev–Trinajstić information content (AvgIpc) is 4.18.